The van der Waals surface area contributed by atoms with E-state index in [4.69, 9.17) is 0 Å². The largest absolute Gasteiger partial charge is 0.328 e. The van der Waals surface area contributed by atoms with E-state index >= 15 is 0 Å². The molecule has 4 heteroatoms. The minimum absolute atomic E-state index is 0.780. The van der Waals surface area contributed by atoms with Crippen molar-refractivity contribution in [2.45, 2.75) is 13.8 Å². The molecule has 0 N–H and O–H groups in total. The van der Waals surface area contributed by atoms with Crippen LogP contribution in [0.2, 0.25) is 0 Å². The first-order valence-electron chi connectivity index (χ1n) is 3.81. The molecule has 0 aliphatic carbocycles. The van der Waals surface area contributed by atoms with Crippen molar-refractivity contribution >= 4 is 11.2 Å². The number of nitrogens with zero attached hydrogens (tertiary/aromatic N) is 4. The summed E-state index contributed by atoms with van der Waals surface area (Å²) in [5.74, 6) is 0.966. The molecule has 2 aromatic heterocycles. The van der Waals surface area contributed by atoms with E-state index in [2.05, 4.69) is 15.0 Å². The van der Waals surface area contributed by atoms with Gasteiger partial charge in [0.2, 0.25) is 0 Å². The first kappa shape index (κ1) is 7.21. The smallest absolute Gasteiger partial charge is 0.181 e. The predicted molar refractivity (Wildman–Crippen MR) is 45.8 cm³/mol. The molecule has 0 unspecified atom stereocenters. The average molecular weight is 162 g/mol. The third-order valence-electron chi connectivity index (χ3n) is 2.07. The number of rotatable bonds is 0. The molecular weight excluding hydrogens is 152 g/mol. The van der Waals surface area contributed by atoms with Crippen LogP contribution in [0.15, 0.2) is 6.33 Å². The van der Waals surface area contributed by atoms with Crippen molar-refractivity contribution in [1.29, 1.82) is 0 Å². The highest BCUT2D eigenvalue weighted by Crippen LogP contribution is 2.13. The van der Waals surface area contributed by atoms with E-state index < -0.39 is 0 Å². The molecule has 0 atom stereocenters. The van der Waals surface area contributed by atoms with E-state index in [0.29, 0.717) is 0 Å². The quantitative estimate of drug-likeness (QED) is 0.580. The predicted octanol–water partition coefficient (Wildman–Crippen LogP) is 0.980. The van der Waals surface area contributed by atoms with E-state index in [1.54, 1.807) is 6.33 Å². The minimum atomic E-state index is 0.780. The summed E-state index contributed by atoms with van der Waals surface area (Å²) in [7, 11) is 1.97. The maximum atomic E-state index is 4.29. The molecule has 0 radical (unpaired) electrons. The first-order chi connectivity index (χ1) is 5.70. The van der Waals surface area contributed by atoms with Gasteiger partial charge in [-0.2, -0.15) is 0 Å². The van der Waals surface area contributed by atoms with E-state index in [0.717, 1.165) is 22.7 Å². The molecule has 0 bridgehead atoms. The minimum Gasteiger partial charge on any atom is -0.328 e. The summed E-state index contributed by atoms with van der Waals surface area (Å²) in [5.41, 5.74) is 2.78. The van der Waals surface area contributed by atoms with E-state index in [-0.39, 0.29) is 0 Å². The lowest BCUT2D eigenvalue weighted by Crippen LogP contribution is -1.94. The molecule has 62 valence electrons. The second kappa shape index (κ2) is 2.27. The van der Waals surface area contributed by atoms with Gasteiger partial charge in [-0.15, -0.1) is 0 Å². The molecule has 2 aromatic rings. The van der Waals surface area contributed by atoms with Crippen molar-refractivity contribution in [3.05, 3.63) is 17.8 Å². The second-order valence-electron chi connectivity index (χ2n) is 2.85. The van der Waals surface area contributed by atoms with Gasteiger partial charge >= 0.3 is 0 Å². The van der Waals surface area contributed by atoms with Crippen LogP contribution in [0.4, 0.5) is 0 Å². The van der Waals surface area contributed by atoms with Crippen LogP contribution in [0, 0.1) is 13.8 Å². The molecule has 0 aliphatic rings. The summed E-state index contributed by atoms with van der Waals surface area (Å²) in [6.07, 6.45) is 1.55. The Kier molecular flexibility index (Phi) is 1.36. The standard InChI is InChI=1S/C8H10N4/c1-5-7-8(10-4-9-5)11-6(2)12(7)3/h4H,1-3H3. The summed E-state index contributed by atoms with van der Waals surface area (Å²) in [6, 6.07) is 0. The summed E-state index contributed by atoms with van der Waals surface area (Å²) in [6.45, 7) is 3.92. The van der Waals surface area contributed by atoms with Gasteiger partial charge in [0.1, 0.15) is 17.7 Å². The zero-order valence-corrected chi connectivity index (χ0v) is 7.37. The zero-order chi connectivity index (χ0) is 8.72. The van der Waals surface area contributed by atoms with Crippen LogP contribution in [0.3, 0.4) is 0 Å². The van der Waals surface area contributed by atoms with Crippen LogP contribution < -0.4 is 0 Å². The van der Waals surface area contributed by atoms with Crippen molar-refractivity contribution in [2.75, 3.05) is 0 Å². The van der Waals surface area contributed by atoms with Gasteiger partial charge in [0.15, 0.2) is 5.65 Å². The Bertz CT molecular complexity index is 430. The molecule has 0 saturated carbocycles. The van der Waals surface area contributed by atoms with E-state index in [1.807, 2.05) is 25.5 Å². The van der Waals surface area contributed by atoms with Gasteiger partial charge in [-0.1, -0.05) is 0 Å². The van der Waals surface area contributed by atoms with Crippen LogP contribution >= 0.6 is 0 Å². The first-order valence-corrected chi connectivity index (χ1v) is 3.81. The van der Waals surface area contributed by atoms with Crippen molar-refractivity contribution in [1.82, 2.24) is 19.5 Å². The maximum Gasteiger partial charge on any atom is 0.181 e. The Labute approximate surface area is 70.3 Å². The van der Waals surface area contributed by atoms with Gasteiger partial charge in [-0.3, -0.25) is 0 Å². The fraction of sp³-hybridized carbons (Fsp3) is 0.375. The Morgan fingerprint density at radius 1 is 1.25 bits per heavy atom. The fourth-order valence-electron chi connectivity index (χ4n) is 1.32. The summed E-state index contributed by atoms with van der Waals surface area (Å²) >= 11 is 0. The molecule has 2 rings (SSSR count). The van der Waals surface area contributed by atoms with Crippen LogP contribution in [0.25, 0.3) is 11.2 Å². The Balaban J connectivity index is 2.97. The van der Waals surface area contributed by atoms with Crippen LogP contribution in [0.5, 0.6) is 0 Å². The molecule has 0 saturated heterocycles. The van der Waals surface area contributed by atoms with Crippen LogP contribution in [-0.2, 0) is 7.05 Å². The molecule has 0 amide bonds. The van der Waals surface area contributed by atoms with E-state index in [9.17, 15) is 0 Å². The van der Waals surface area contributed by atoms with Crippen molar-refractivity contribution in [3.63, 3.8) is 0 Å². The van der Waals surface area contributed by atoms with Gasteiger partial charge in [0.25, 0.3) is 0 Å². The summed E-state index contributed by atoms with van der Waals surface area (Å²) in [4.78, 5) is 12.5. The number of fused-ring (bicyclic) bond motifs is 1. The molecule has 2 heterocycles. The molecule has 12 heavy (non-hydrogen) atoms. The second-order valence-corrected chi connectivity index (χ2v) is 2.85. The van der Waals surface area contributed by atoms with Crippen LogP contribution in [0.1, 0.15) is 11.5 Å². The average Bonchev–Trinajstić information content (AvgIpc) is 2.29. The highest BCUT2D eigenvalue weighted by atomic mass is 15.1. The Morgan fingerprint density at radius 2 is 2.00 bits per heavy atom. The molecule has 0 aromatic carbocycles. The highest BCUT2D eigenvalue weighted by Gasteiger charge is 2.06. The van der Waals surface area contributed by atoms with Crippen molar-refractivity contribution in [2.24, 2.45) is 7.05 Å². The fourth-order valence-corrected chi connectivity index (χ4v) is 1.32. The number of hydrogen-bond donors (Lipinski definition) is 0. The summed E-state index contributed by atoms with van der Waals surface area (Å²) < 4.78 is 2.00. The normalized spacial score (nSPS) is 10.9. The number of aryl methyl sites for hydroxylation is 3. The molecule has 0 aliphatic heterocycles. The van der Waals surface area contributed by atoms with Crippen molar-refractivity contribution in [3.8, 4) is 0 Å². The lowest BCUT2D eigenvalue weighted by Gasteiger charge is -1.97. The lowest BCUT2D eigenvalue weighted by molar-refractivity contribution is 0.880. The third kappa shape index (κ3) is 0.809. The van der Waals surface area contributed by atoms with Gasteiger partial charge in [-0.05, 0) is 13.8 Å². The Morgan fingerprint density at radius 3 is 2.67 bits per heavy atom. The van der Waals surface area contributed by atoms with Crippen molar-refractivity contribution < 1.29 is 0 Å². The van der Waals surface area contributed by atoms with E-state index in [1.165, 1.54) is 0 Å². The molecule has 0 fully saturated rings. The monoisotopic (exact) mass is 162 g/mol. The Hall–Kier alpha value is -1.45. The molecule has 4 nitrogen and oxygen atoms in total. The topological polar surface area (TPSA) is 43.6 Å². The van der Waals surface area contributed by atoms with Gasteiger partial charge < -0.3 is 4.57 Å². The maximum absolute atomic E-state index is 4.29. The SMILES string of the molecule is Cc1ncnc2nc(C)n(C)c12. The summed E-state index contributed by atoms with van der Waals surface area (Å²) in [5, 5.41) is 0. The number of aromatic nitrogens is 4. The molecular formula is C8H10N4. The van der Waals surface area contributed by atoms with Gasteiger partial charge in [0, 0.05) is 7.05 Å². The van der Waals surface area contributed by atoms with Gasteiger partial charge in [0.05, 0.1) is 5.69 Å². The highest BCUT2D eigenvalue weighted by molar-refractivity contribution is 5.73. The third-order valence-corrected chi connectivity index (χ3v) is 2.07. The molecule has 0 spiro atoms. The lowest BCUT2D eigenvalue weighted by atomic mass is 10.4. The van der Waals surface area contributed by atoms with Crippen LogP contribution in [-0.4, -0.2) is 19.5 Å². The van der Waals surface area contributed by atoms with Gasteiger partial charge in [-0.25, -0.2) is 15.0 Å². The number of imidazole rings is 1. The zero-order valence-electron chi connectivity index (χ0n) is 7.37. The number of hydrogen-bond acceptors (Lipinski definition) is 3.